The summed E-state index contributed by atoms with van der Waals surface area (Å²) in [7, 11) is 0. The van der Waals surface area contributed by atoms with Crippen molar-refractivity contribution in [2.45, 2.75) is 20.5 Å². The Labute approximate surface area is 154 Å². The van der Waals surface area contributed by atoms with E-state index >= 15 is 0 Å². The largest absolute Gasteiger partial charge is 0.487 e. The fraction of sp³-hybridized carbons (Fsp3) is 0.143. The van der Waals surface area contributed by atoms with Gasteiger partial charge in [0, 0.05) is 11.4 Å². The lowest BCUT2D eigenvalue weighted by atomic mass is 10.0. The van der Waals surface area contributed by atoms with Crippen molar-refractivity contribution < 1.29 is 9.15 Å². The van der Waals surface area contributed by atoms with Crippen molar-refractivity contribution in [3.63, 3.8) is 0 Å². The Hall–Kier alpha value is -2.92. The van der Waals surface area contributed by atoms with Crippen LogP contribution in [-0.4, -0.2) is 4.98 Å². The number of nitrogens with zero attached hydrogens (tertiary/aromatic N) is 1. The van der Waals surface area contributed by atoms with Gasteiger partial charge in [0.25, 0.3) is 0 Å². The van der Waals surface area contributed by atoms with Crippen molar-refractivity contribution in [3.05, 3.63) is 80.6 Å². The first-order valence-corrected chi connectivity index (χ1v) is 9.16. The van der Waals surface area contributed by atoms with Crippen LogP contribution >= 0.6 is 11.3 Å². The van der Waals surface area contributed by atoms with E-state index in [1.807, 2.05) is 49.6 Å². The highest BCUT2D eigenvalue weighted by molar-refractivity contribution is 7.09. The Bertz CT molecular complexity index is 1130. The van der Waals surface area contributed by atoms with Gasteiger partial charge in [-0.15, -0.1) is 11.3 Å². The molecule has 0 aliphatic carbocycles. The van der Waals surface area contributed by atoms with Crippen LogP contribution in [0.25, 0.3) is 22.1 Å². The van der Waals surface area contributed by atoms with Gasteiger partial charge in [-0.05, 0) is 31.5 Å². The van der Waals surface area contributed by atoms with E-state index in [4.69, 9.17) is 9.15 Å². The molecule has 0 radical (unpaired) electrons. The summed E-state index contributed by atoms with van der Waals surface area (Å²) in [6.07, 6.45) is 0. The second-order valence-electron chi connectivity index (χ2n) is 6.03. The monoisotopic (exact) mass is 363 g/mol. The Balaban J connectivity index is 1.70. The number of hydrogen-bond donors (Lipinski definition) is 0. The minimum atomic E-state index is -0.0309. The average Bonchev–Trinajstić information content (AvgIpc) is 3.06. The molecular formula is C21H17NO3S. The van der Waals surface area contributed by atoms with Crippen molar-refractivity contribution in [3.8, 4) is 16.9 Å². The van der Waals surface area contributed by atoms with E-state index in [0.717, 1.165) is 16.3 Å². The van der Waals surface area contributed by atoms with Crippen molar-refractivity contribution in [2.24, 2.45) is 0 Å². The molecule has 0 aliphatic heterocycles. The maximum Gasteiger partial charge on any atom is 0.200 e. The molecule has 130 valence electrons. The molecule has 4 nitrogen and oxygen atoms in total. The van der Waals surface area contributed by atoms with Crippen LogP contribution in [0.2, 0.25) is 0 Å². The van der Waals surface area contributed by atoms with Crippen LogP contribution in [-0.2, 0) is 6.61 Å². The number of hydrogen-bond acceptors (Lipinski definition) is 5. The minimum absolute atomic E-state index is 0.0309. The molecule has 0 atom stereocenters. The van der Waals surface area contributed by atoms with Gasteiger partial charge in [0.15, 0.2) is 0 Å². The van der Waals surface area contributed by atoms with Crippen molar-refractivity contribution in [1.82, 2.24) is 4.98 Å². The van der Waals surface area contributed by atoms with E-state index in [1.54, 1.807) is 29.5 Å². The summed E-state index contributed by atoms with van der Waals surface area (Å²) in [5, 5.41) is 3.54. The van der Waals surface area contributed by atoms with Gasteiger partial charge in [-0.2, -0.15) is 0 Å². The van der Waals surface area contributed by atoms with Crippen molar-refractivity contribution >= 4 is 22.3 Å². The van der Waals surface area contributed by atoms with Gasteiger partial charge in [0.2, 0.25) is 5.43 Å². The van der Waals surface area contributed by atoms with Gasteiger partial charge in [-0.3, -0.25) is 4.79 Å². The molecule has 0 saturated heterocycles. The van der Waals surface area contributed by atoms with Crippen LogP contribution in [0.5, 0.6) is 5.75 Å². The first kappa shape index (κ1) is 16.5. The number of thiazole rings is 1. The molecule has 5 heteroatoms. The lowest BCUT2D eigenvalue weighted by molar-refractivity contribution is 0.302. The zero-order valence-corrected chi connectivity index (χ0v) is 15.3. The molecule has 2 aromatic heterocycles. The van der Waals surface area contributed by atoms with Crippen LogP contribution in [0.3, 0.4) is 0 Å². The quantitative estimate of drug-likeness (QED) is 0.505. The molecule has 0 unspecified atom stereocenters. The van der Waals surface area contributed by atoms with E-state index in [-0.39, 0.29) is 5.43 Å². The first-order chi connectivity index (χ1) is 12.6. The van der Waals surface area contributed by atoms with Gasteiger partial charge < -0.3 is 9.15 Å². The average molecular weight is 363 g/mol. The third-order valence-electron chi connectivity index (χ3n) is 4.16. The Morgan fingerprint density at radius 1 is 1.12 bits per heavy atom. The molecule has 0 fully saturated rings. The summed E-state index contributed by atoms with van der Waals surface area (Å²) in [6, 6.07) is 14.9. The molecule has 0 spiro atoms. The van der Waals surface area contributed by atoms with Crippen LogP contribution in [0.15, 0.2) is 63.1 Å². The van der Waals surface area contributed by atoms with E-state index in [1.165, 1.54) is 0 Å². The lowest BCUT2D eigenvalue weighted by Crippen LogP contribution is -2.07. The number of ether oxygens (including phenoxy) is 1. The Morgan fingerprint density at radius 2 is 1.92 bits per heavy atom. The molecule has 2 aromatic carbocycles. The van der Waals surface area contributed by atoms with Gasteiger partial charge >= 0.3 is 0 Å². The van der Waals surface area contributed by atoms with Crippen LogP contribution in [0, 0.1) is 13.8 Å². The highest BCUT2D eigenvalue weighted by atomic mass is 32.1. The van der Waals surface area contributed by atoms with E-state index in [0.29, 0.717) is 34.6 Å². The second-order valence-corrected chi connectivity index (χ2v) is 7.10. The summed E-state index contributed by atoms with van der Waals surface area (Å²) in [5.41, 5.74) is 2.85. The number of fused-ring (bicyclic) bond motifs is 1. The molecule has 0 bridgehead atoms. The SMILES string of the molecule is Cc1nc(COc2ccc3c(=O)c(-c4ccccc4)c(C)oc3c2)cs1. The topological polar surface area (TPSA) is 52.3 Å². The zero-order valence-electron chi connectivity index (χ0n) is 14.5. The van der Waals surface area contributed by atoms with E-state index < -0.39 is 0 Å². The zero-order chi connectivity index (χ0) is 18.1. The summed E-state index contributed by atoms with van der Waals surface area (Å²) < 4.78 is 11.7. The third-order valence-corrected chi connectivity index (χ3v) is 4.98. The summed E-state index contributed by atoms with van der Waals surface area (Å²) in [6.45, 7) is 4.17. The van der Waals surface area contributed by atoms with Crippen LogP contribution in [0.1, 0.15) is 16.5 Å². The molecule has 4 aromatic rings. The summed E-state index contributed by atoms with van der Waals surface area (Å²) >= 11 is 1.59. The Morgan fingerprint density at radius 3 is 2.65 bits per heavy atom. The Kier molecular flexibility index (Phi) is 4.31. The van der Waals surface area contributed by atoms with Gasteiger partial charge in [0.05, 0.1) is 21.7 Å². The van der Waals surface area contributed by atoms with Crippen molar-refractivity contribution in [1.29, 1.82) is 0 Å². The molecule has 0 amide bonds. The smallest absolute Gasteiger partial charge is 0.200 e. The van der Waals surface area contributed by atoms with Gasteiger partial charge in [-0.25, -0.2) is 4.98 Å². The fourth-order valence-electron chi connectivity index (χ4n) is 2.95. The van der Waals surface area contributed by atoms with Gasteiger partial charge in [0.1, 0.15) is 23.7 Å². The highest BCUT2D eigenvalue weighted by Crippen LogP contribution is 2.26. The molecule has 4 rings (SSSR count). The van der Waals surface area contributed by atoms with Crippen LogP contribution < -0.4 is 10.2 Å². The maximum atomic E-state index is 12.9. The van der Waals surface area contributed by atoms with E-state index in [2.05, 4.69) is 4.98 Å². The minimum Gasteiger partial charge on any atom is -0.487 e. The van der Waals surface area contributed by atoms with E-state index in [9.17, 15) is 4.79 Å². The summed E-state index contributed by atoms with van der Waals surface area (Å²) in [5.74, 6) is 1.25. The molecule has 26 heavy (non-hydrogen) atoms. The normalized spacial score (nSPS) is 11.0. The van der Waals surface area contributed by atoms with Crippen LogP contribution in [0.4, 0.5) is 0 Å². The predicted molar refractivity (Wildman–Crippen MR) is 104 cm³/mol. The van der Waals surface area contributed by atoms with Gasteiger partial charge in [-0.1, -0.05) is 30.3 Å². The molecule has 0 saturated carbocycles. The molecule has 0 N–H and O–H groups in total. The fourth-order valence-corrected chi connectivity index (χ4v) is 3.54. The predicted octanol–water partition coefficient (Wildman–Crippen LogP) is 5.11. The summed E-state index contributed by atoms with van der Waals surface area (Å²) in [4.78, 5) is 17.3. The highest BCUT2D eigenvalue weighted by Gasteiger charge is 2.14. The number of benzene rings is 2. The molecular weight excluding hydrogens is 346 g/mol. The molecule has 0 aliphatic rings. The standard InChI is InChI=1S/C21H17NO3S/c1-13-20(15-6-4-3-5-7-15)21(23)18-9-8-17(10-19(18)25-13)24-11-16-12-26-14(2)22-16/h3-10,12H,11H2,1-2H3. The number of aryl methyl sites for hydroxylation is 2. The second kappa shape index (κ2) is 6.77. The number of aromatic nitrogens is 1. The third kappa shape index (κ3) is 3.13. The molecule has 2 heterocycles. The maximum absolute atomic E-state index is 12.9. The number of rotatable bonds is 4. The lowest BCUT2D eigenvalue weighted by Gasteiger charge is -2.09. The van der Waals surface area contributed by atoms with Crippen molar-refractivity contribution in [2.75, 3.05) is 0 Å². The first-order valence-electron chi connectivity index (χ1n) is 8.28.